The largest absolute Gasteiger partial charge is 0.508 e. The van der Waals surface area contributed by atoms with E-state index >= 15 is 0 Å². The molecule has 0 bridgehead atoms. The summed E-state index contributed by atoms with van der Waals surface area (Å²) in [4.78, 5) is 25.8. The van der Waals surface area contributed by atoms with Crippen LogP contribution in [0.15, 0.2) is 42.5 Å². The molecule has 0 radical (unpaired) electrons. The fourth-order valence-corrected chi connectivity index (χ4v) is 2.88. The van der Waals surface area contributed by atoms with Crippen LogP contribution >= 0.6 is 0 Å². The molecule has 3 rings (SSSR count). The zero-order chi connectivity index (χ0) is 17.3. The SMILES string of the molecule is CC(=O)CN1C(=O)C(Cc2cccc(C)c2)Oc2cc(O)ccc21. The lowest BCUT2D eigenvalue weighted by atomic mass is 10.0. The number of hydrogen-bond donors (Lipinski definition) is 1. The predicted octanol–water partition coefficient (Wildman–Crippen LogP) is 2.63. The zero-order valence-corrected chi connectivity index (χ0v) is 13.7. The molecular weight excluding hydrogens is 306 g/mol. The topological polar surface area (TPSA) is 66.8 Å². The molecule has 2 aromatic carbocycles. The Hall–Kier alpha value is -2.82. The summed E-state index contributed by atoms with van der Waals surface area (Å²) in [6, 6.07) is 12.4. The van der Waals surface area contributed by atoms with E-state index in [-0.39, 0.29) is 24.0 Å². The van der Waals surface area contributed by atoms with Gasteiger partial charge in [0.25, 0.3) is 5.91 Å². The molecule has 0 fully saturated rings. The molecule has 5 heteroatoms. The van der Waals surface area contributed by atoms with E-state index in [2.05, 4.69) is 0 Å². The third kappa shape index (κ3) is 3.25. The van der Waals surface area contributed by atoms with E-state index in [0.717, 1.165) is 11.1 Å². The average Bonchev–Trinajstić information content (AvgIpc) is 2.51. The first-order valence-corrected chi connectivity index (χ1v) is 7.80. The highest BCUT2D eigenvalue weighted by atomic mass is 16.5. The Morgan fingerprint density at radius 3 is 2.75 bits per heavy atom. The van der Waals surface area contributed by atoms with Crippen LogP contribution < -0.4 is 9.64 Å². The molecular formula is C19H19NO4. The Morgan fingerprint density at radius 1 is 1.25 bits per heavy atom. The number of fused-ring (bicyclic) bond motifs is 1. The number of aryl methyl sites for hydroxylation is 1. The normalized spacial score (nSPS) is 16.5. The van der Waals surface area contributed by atoms with Gasteiger partial charge in [-0.1, -0.05) is 29.8 Å². The van der Waals surface area contributed by atoms with Gasteiger partial charge in [-0.05, 0) is 31.5 Å². The number of phenolic OH excluding ortho intramolecular Hbond substituents is 1. The Balaban J connectivity index is 1.94. The molecule has 1 aliphatic heterocycles. The second kappa shape index (κ2) is 6.35. The number of ketones is 1. The number of benzene rings is 2. The van der Waals surface area contributed by atoms with Crippen molar-refractivity contribution in [1.82, 2.24) is 0 Å². The van der Waals surface area contributed by atoms with Gasteiger partial charge in [-0.15, -0.1) is 0 Å². The van der Waals surface area contributed by atoms with Crippen LogP contribution in [0.25, 0.3) is 0 Å². The molecule has 1 amide bonds. The fourth-order valence-electron chi connectivity index (χ4n) is 2.88. The highest BCUT2D eigenvalue weighted by molar-refractivity contribution is 6.04. The highest BCUT2D eigenvalue weighted by Crippen LogP contribution is 2.37. The molecule has 1 atom stereocenters. The molecule has 5 nitrogen and oxygen atoms in total. The second-order valence-corrected chi connectivity index (χ2v) is 6.08. The first-order chi connectivity index (χ1) is 11.4. The second-order valence-electron chi connectivity index (χ2n) is 6.08. The van der Waals surface area contributed by atoms with Gasteiger partial charge >= 0.3 is 0 Å². The van der Waals surface area contributed by atoms with Gasteiger partial charge in [0.1, 0.15) is 17.3 Å². The fraction of sp³-hybridized carbons (Fsp3) is 0.263. The van der Waals surface area contributed by atoms with Crippen molar-refractivity contribution in [2.45, 2.75) is 26.4 Å². The summed E-state index contributed by atoms with van der Waals surface area (Å²) < 4.78 is 5.82. The molecule has 0 saturated carbocycles. The van der Waals surface area contributed by atoms with Gasteiger partial charge in [0.2, 0.25) is 0 Å². The summed E-state index contributed by atoms with van der Waals surface area (Å²) in [7, 11) is 0. The van der Waals surface area contributed by atoms with Crippen LogP contribution in [-0.2, 0) is 16.0 Å². The van der Waals surface area contributed by atoms with Gasteiger partial charge in [-0.3, -0.25) is 14.5 Å². The van der Waals surface area contributed by atoms with Crippen LogP contribution in [0.5, 0.6) is 11.5 Å². The first kappa shape index (κ1) is 16.1. The van der Waals surface area contributed by atoms with E-state index in [1.165, 1.54) is 24.0 Å². The third-order valence-corrected chi connectivity index (χ3v) is 3.93. The molecule has 24 heavy (non-hydrogen) atoms. The number of amides is 1. The van der Waals surface area contributed by atoms with Gasteiger partial charge in [0, 0.05) is 12.5 Å². The molecule has 1 aliphatic rings. The minimum atomic E-state index is -0.722. The molecule has 0 spiro atoms. The molecule has 0 aromatic heterocycles. The number of carbonyl (C=O) groups is 2. The van der Waals surface area contributed by atoms with Crippen molar-refractivity contribution < 1.29 is 19.4 Å². The van der Waals surface area contributed by atoms with Crippen molar-refractivity contribution in [3.63, 3.8) is 0 Å². The van der Waals surface area contributed by atoms with Crippen LogP contribution in [0.3, 0.4) is 0 Å². The minimum absolute atomic E-state index is 0.00964. The van der Waals surface area contributed by atoms with E-state index in [1.807, 2.05) is 31.2 Å². The Kier molecular flexibility index (Phi) is 4.25. The van der Waals surface area contributed by atoms with Gasteiger partial charge in [0.15, 0.2) is 6.10 Å². The summed E-state index contributed by atoms with van der Waals surface area (Å²) in [6.07, 6.45) is -0.315. The lowest BCUT2D eigenvalue weighted by Gasteiger charge is -2.34. The van der Waals surface area contributed by atoms with Crippen LogP contribution in [-0.4, -0.2) is 29.4 Å². The quantitative estimate of drug-likeness (QED) is 0.938. The maximum absolute atomic E-state index is 12.8. The predicted molar refractivity (Wildman–Crippen MR) is 90.4 cm³/mol. The van der Waals surface area contributed by atoms with Crippen molar-refractivity contribution in [2.24, 2.45) is 0 Å². The highest BCUT2D eigenvalue weighted by Gasteiger charge is 2.35. The molecule has 1 N–H and O–H groups in total. The number of nitrogens with zero attached hydrogens (tertiary/aromatic N) is 1. The maximum Gasteiger partial charge on any atom is 0.268 e. The molecule has 0 saturated heterocycles. The number of Topliss-reactive ketones (excluding diaryl/α,β-unsaturated/α-hetero) is 1. The molecule has 124 valence electrons. The van der Waals surface area contributed by atoms with E-state index in [4.69, 9.17) is 4.74 Å². The number of anilines is 1. The van der Waals surface area contributed by atoms with Crippen molar-refractivity contribution in [1.29, 1.82) is 0 Å². The zero-order valence-electron chi connectivity index (χ0n) is 13.7. The summed E-state index contributed by atoms with van der Waals surface area (Å²) in [6.45, 7) is 3.42. The summed E-state index contributed by atoms with van der Waals surface area (Å²) in [5, 5.41) is 9.68. The summed E-state index contributed by atoms with van der Waals surface area (Å²) in [5.74, 6) is 0.108. The van der Waals surface area contributed by atoms with Crippen molar-refractivity contribution in [3.8, 4) is 11.5 Å². The number of rotatable bonds is 4. The number of hydrogen-bond acceptors (Lipinski definition) is 4. The van der Waals surface area contributed by atoms with E-state index < -0.39 is 6.10 Å². The van der Waals surface area contributed by atoms with Crippen molar-refractivity contribution >= 4 is 17.4 Å². The van der Waals surface area contributed by atoms with Crippen molar-refractivity contribution in [2.75, 3.05) is 11.4 Å². The lowest BCUT2D eigenvalue weighted by molar-refractivity contribution is -0.128. The van der Waals surface area contributed by atoms with Crippen LogP contribution in [0.1, 0.15) is 18.1 Å². The monoisotopic (exact) mass is 325 g/mol. The molecule has 0 aliphatic carbocycles. The minimum Gasteiger partial charge on any atom is -0.508 e. The summed E-state index contributed by atoms with van der Waals surface area (Å²) >= 11 is 0. The third-order valence-electron chi connectivity index (χ3n) is 3.93. The van der Waals surface area contributed by atoms with E-state index in [0.29, 0.717) is 17.9 Å². The van der Waals surface area contributed by atoms with Gasteiger partial charge in [0.05, 0.1) is 12.2 Å². The number of phenols is 1. The van der Waals surface area contributed by atoms with Gasteiger partial charge in [-0.2, -0.15) is 0 Å². The Labute approximate surface area is 140 Å². The molecule has 1 unspecified atom stereocenters. The molecule has 1 heterocycles. The van der Waals surface area contributed by atoms with Crippen LogP contribution in [0.2, 0.25) is 0 Å². The van der Waals surface area contributed by atoms with E-state index in [9.17, 15) is 14.7 Å². The Morgan fingerprint density at radius 2 is 2.04 bits per heavy atom. The summed E-state index contributed by atoms with van der Waals surface area (Å²) in [5.41, 5.74) is 2.60. The smallest absolute Gasteiger partial charge is 0.268 e. The van der Waals surface area contributed by atoms with Gasteiger partial charge < -0.3 is 9.84 Å². The van der Waals surface area contributed by atoms with Crippen LogP contribution in [0.4, 0.5) is 5.69 Å². The maximum atomic E-state index is 12.8. The van der Waals surface area contributed by atoms with E-state index in [1.54, 1.807) is 6.07 Å². The number of aromatic hydroxyl groups is 1. The van der Waals surface area contributed by atoms with Crippen molar-refractivity contribution in [3.05, 3.63) is 53.6 Å². The molecule has 2 aromatic rings. The van der Waals surface area contributed by atoms with Crippen LogP contribution in [0, 0.1) is 6.92 Å². The standard InChI is InChI=1S/C19H19NO4/c1-12-4-3-5-14(8-12)9-18-19(23)20(11-13(2)21)16-7-6-15(22)10-17(16)24-18/h3-8,10,18,22H,9,11H2,1-2H3. The van der Waals surface area contributed by atoms with Gasteiger partial charge in [-0.25, -0.2) is 0 Å². The first-order valence-electron chi connectivity index (χ1n) is 7.80. The average molecular weight is 325 g/mol. The Bertz CT molecular complexity index is 800. The number of ether oxygens (including phenoxy) is 1. The number of carbonyl (C=O) groups excluding carboxylic acids is 2. The lowest BCUT2D eigenvalue weighted by Crippen LogP contribution is -2.48.